The van der Waals surface area contributed by atoms with Gasteiger partial charge in [0, 0.05) is 18.9 Å². The summed E-state index contributed by atoms with van der Waals surface area (Å²) >= 11 is 12.2. The number of anilines is 1. The van der Waals surface area contributed by atoms with Crippen molar-refractivity contribution in [1.82, 2.24) is 10.3 Å². The number of aromatic nitrogens is 1. The highest BCUT2D eigenvalue weighted by Crippen LogP contribution is 2.37. The number of para-hydroxylation sites is 1. The number of carbonyl (C=O) groups excluding carboxylic acids is 1. The maximum absolute atomic E-state index is 12.9. The van der Waals surface area contributed by atoms with Crippen LogP contribution in [0.15, 0.2) is 65.8 Å². The van der Waals surface area contributed by atoms with Gasteiger partial charge < -0.3 is 10.1 Å². The molecule has 30 heavy (non-hydrogen) atoms. The molecular weight excluding hydrogens is 449 g/mol. The number of nitrogens with zero attached hydrogens (tertiary/aromatic N) is 1. The number of ether oxygens (including phenoxy) is 1. The van der Waals surface area contributed by atoms with E-state index in [2.05, 4.69) is 15.0 Å². The fraction of sp³-hybridized carbons (Fsp3) is 0.100. The van der Waals surface area contributed by atoms with Crippen molar-refractivity contribution < 1.29 is 17.9 Å². The van der Waals surface area contributed by atoms with Crippen LogP contribution in [-0.4, -0.2) is 26.4 Å². The van der Waals surface area contributed by atoms with E-state index in [-0.39, 0.29) is 38.5 Å². The Balaban J connectivity index is 1.85. The summed E-state index contributed by atoms with van der Waals surface area (Å²) in [6.07, 6.45) is 3.26. The first-order chi connectivity index (χ1) is 14.3. The van der Waals surface area contributed by atoms with E-state index in [0.717, 1.165) is 5.56 Å². The van der Waals surface area contributed by atoms with Crippen molar-refractivity contribution in [3.63, 3.8) is 0 Å². The number of benzene rings is 2. The summed E-state index contributed by atoms with van der Waals surface area (Å²) in [6, 6.07) is 12.5. The highest BCUT2D eigenvalue weighted by atomic mass is 35.5. The SMILES string of the molecule is COc1ccc(S(=O)(=O)Nc2ccccc2C(=O)NCc2cccnc2)c(Cl)c1Cl. The molecular formula is C20H17Cl2N3O4S. The van der Waals surface area contributed by atoms with Crippen LogP contribution < -0.4 is 14.8 Å². The number of hydrogen-bond donors (Lipinski definition) is 2. The third kappa shape index (κ3) is 4.84. The van der Waals surface area contributed by atoms with Gasteiger partial charge in [0.15, 0.2) is 0 Å². The fourth-order valence-corrected chi connectivity index (χ4v) is 4.55. The monoisotopic (exact) mass is 465 g/mol. The van der Waals surface area contributed by atoms with Gasteiger partial charge in [-0.2, -0.15) is 0 Å². The van der Waals surface area contributed by atoms with Gasteiger partial charge in [-0.05, 0) is 35.9 Å². The second-order valence-electron chi connectivity index (χ2n) is 6.09. The lowest BCUT2D eigenvalue weighted by Crippen LogP contribution is -2.25. The molecule has 0 spiro atoms. The summed E-state index contributed by atoms with van der Waals surface area (Å²) in [5.74, 6) is -0.202. The summed E-state index contributed by atoms with van der Waals surface area (Å²) in [7, 11) is -2.73. The second kappa shape index (κ2) is 9.34. The summed E-state index contributed by atoms with van der Waals surface area (Å²) < 4.78 is 33.2. The zero-order valence-electron chi connectivity index (χ0n) is 15.7. The molecule has 0 unspecified atom stereocenters. The molecule has 1 heterocycles. The van der Waals surface area contributed by atoms with Crippen LogP contribution >= 0.6 is 23.2 Å². The van der Waals surface area contributed by atoms with Crippen LogP contribution in [0.2, 0.25) is 10.0 Å². The van der Waals surface area contributed by atoms with E-state index in [4.69, 9.17) is 27.9 Å². The van der Waals surface area contributed by atoms with Crippen molar-refractivity contribution >= 4 is 44.8 Å². The summed E-state index contributed by atoms with van der Waals surface area (Å²) in [6.45, 7) is 0.244. The molecule has 10 heteroatoms. The molecule has 0 atom stereocenters. The number of rotatable bonds is 7. The van der Waals surface area contributed by atoms with Crippen LogP contribution in [0, 0.1) is 0 Å². The first-order valence-corrected chi connectivity index (χ1v) is 10.9. The third-order valence-electron chi connectivity index (χ3n) is 4.11. The van der Waals surface area contributed by atoms with Gasteiger partial charge in [-0.3, -0.25) is 14.5 Å². The molecule has 0 radical (unpaired) electrons. The van der Waals surface area contributed by atoms with Crippen molar-refractivity contribution in [1.29, 1.82) is 0 Å². The zero-order chi connectivity index (χ0) is 21.7. The molecule has 0 saturated heterocycles. The zero-order valence-corrected chi connectivity index (χ0v) is 18.1. The maximum Gasteiger partial charge on any atom is 0.263 e. The predicted octanol–water partition coefficient (Wildman–Crippen LogP) is 4.13. The normalized spacial score (nSPS) is 11.0. The second-order valence-corrected chi connectivity index (χ2v) is 8.50. The Bertz CT molecular complexity index is 1170. The average Bonchev–Trinajstić information content (AvgIpc) is 2.74. The fourth-order valence-electron chi connectivity index (χ4n) is 2.63. The molecule has 7 nitrogen and oxygen atoms in total. The number of nitrogens with one attached hydrogen (secondary N) is 2. The summed E-state index contributed by atoms with van der Waals surface area (Å²) in [5, 5.41) is 2.54. The molecule has 0 bridgehead atoms. The van der Waals surface area contributed by atoms with Gasteiger partial charge in [0.05, 0.1) is 23.4 Å². The van der Waals surface area contributed by atoms with E-state index in [9.17, 15) is 13.2 Å². The minimum absolute atomic E-state index is 0.0236. The Morgan fingerprint density at radius 1 is 1.07 bits per heavy atom. The van der Waals surface area contributed by atoms with Crippen molar-refractivity contribution in [2.24, 2.45) is 0 Å². The number of halogens is 2. The lowest BCUT2D eigenvalue weighted by Gasteiger charge is -2.14. The quantitative estimate of drug-likeness (QED) is 0.546. The van der Waals surface area contributed by atoms with E-state index >= 15 is 0 Å². The maximum atomic E-state index is 12.9. The van der Waals surface area contributed by atoms with Gasteiger partial charge in [-0.25, -0.2) is 8.42 Å². The number of methoxy groups -OCH3 is 1. The number of carbonyl (C=O) groups is 1. The first kappa shape index (κ1) is 21.9. The average molecular weight is 466 g/mol. The highest BCUT2D eigenvalue weighted by Gasteiger charge is 2.24. The number of pyridine rings is 1. The Kier molecular flexibility index (Phi) is 6.81. The van der Waals surface area contributed by atoms with Crippen LogP contribution in [0.5, 0.6) is 5.75 Å². The molecule has 3 rings (SSSR count). The van der Waals surface area contributed by atoms with E-state index in [1.165, 1.54) is 31.4 Å². The molecule has 156 valence electrons. The Morgan fingerprint density at radius 2 is 1.83 bits per heavy atom. The molecule has 0 aliphatic rings. The molecule has 2 N–H and O–H groups in total. The van der Waals surface area contributed by atoms with Crippen LogP contribution in [0.3, 0.4) is 0 Å². The molecule has 1 amide bonds. The largest absolute Gasteiger partial charge is 0.495 e. The molecule has 0 saturated carbocycles. The topological polar surface area (TPSA) is 97.4 Å². The predicted molar refractivity (Wildman–Crippen MR) is 116 cm³/mol. The van der Waals surface area contributed by atoms with Crippen molar-refractivity contribution in [2.45, 2.75) is 11.4 Å². The van der Waals surface area contributed by atoms with Gasteiger partial charge in [0.2, 0.25) is 0 Å². The molecule has 0 aliphatic heterocycles. The van der Waals surface area contributed by atoms with Gasteiger partial charge in [0.1, 0.15) is 15.7 Å². The lowest BCUT2D eigenvalue weighted by atomic mass is 10.1. The third-order valence-corrected chi connectivity index (χ3v) is 6.50. The number of hydrogen-bond acceptors (Lipinski definition) is 5. The Hall–Kier alpha value is -2.81. The molecule has 3 aromatic rings. The standard InChI is InChI=1S/C20H17Cl2N3O4S/c1-29-16-8-9-17(19(22)18(16)21)30(27,28)25-15-7-3-2-6-14(15)20(26)24-12-13-5-4-10-23-11-13/h2-11,25H,12H2,1H3,(H,24,26). The van der Waals surface area contributed by atoms with E-state index < -0.39 is 15.9 Å². The molecule has 1 aromatic heterocycles. The first-order valence-electron chi connectivity index (χ1n) is 8.64. The van der Waals surface area contributed by atoms with E-state index in [1.54, 1.807) is 30.6 Å². The summed E-state index contributed by atoms with van der Waals surface area (Å²) in [5.41, 5.74) is 1.06. The van der Waals surface area contributed by atoms with Gasteiger partial charge in [-0.15, -0.1) is 0 Å². The van der Waals surface area contributed by atoms with Crippen molar-refractivity contribution in [2.75, 3.05) is 11.8 Å². The van der Waals surface area contributed by atoms with E-state index in [1.807, 2.05) is 6.07 Å². The molecule has 0 fully saturated rings. The van der Waals surface area contributed by atoms with Crippen molar-refractivity contribution in [3.8, 4) is 5.75 Å². The molecule has 0 aliphatic carbocycles. The minimum atomic E-state index is -4.13. The minimum Gasteiger partial charge on any atom is -0.495 e. The lowest BCUT2D eigenvalue weighted by molar-refractivity contribution is 0.0952. The highest BCUT2D eigenvalue weighted by molar-refractivity contribution is 7.92. The Labute approximate surface area is 184 Å². The van der Waals surface area contributed by atoms with Gasteiger partial charge >= 0.3 is 0 Å². The van der Waals surface area contributed by atoms with Crippen LogP contribution in [0.1, 0.15) is 15.9 Å². The number of amides is 1. The van der Waals surface area contributed by atoms with E-state index in [0.29, 0.717) is 0 Å². The van der Waals surface area contributed by atoms with Crippen LogP contribution in [0.4, 0.5) is 5.69 Å². The summed E-state index contributed by atoms with van der Waals surface area (Å²) in [4.78, 5) is 16.4. The van der Waals surface area contributed by atoms with Crippen LogP contribution in [0.25, 0.3) is 0 Å². The van der Waals surface area contributed by atoms with Gasteiger partial charge in [0.25, 0.3) is 15.9 Å². The smallest absolute Gasteiger partial charge is 0.263 e. The van der Waals surface area contributed by atoms with Gasteiger partial charge in [-0.1, -0.05) is 41.4 Å². The number of sulfonamides is 1. The Morgan fingerprint density at radius 3 is 2.53 bits per heavy atom. The molecule has 2 aromatic carbocycles. The van der Waals surface area contributed by atoms with Crippen LogP contribution in [-0.2, 0) is 16.6 Å². The van der Waals surface area contributed by atoms with Crippen molar-refractivity contribution in [3.05, 3.63) is 82.1 Å².